The van der Waals surface area contributed by atoms with Crippen molar-refractivity contribution in [3.63, 3.8) is 0 Å². The molecule has 0 spiro atoms. The zero-order valence-electron chi connectivity index (χ0n) is 17.0. The Morgan fingerprint density at radius 2 is 2.03 bits per heavy atom. The van der Waals surface area contributed by atoms with Gasteiger partial charge in [0.05, 0.1) is 22.9 Å². The van der Waals surface area contributed by atoms with Crippen LogP contribution in [0.2, 0.25) is 5.02 Å². The molecule has 162 valence electrons. The van der Waals surface area contributed by atoms with Gasteiger partial charge < -0.3 is 4.90 Å². The van der Waals surface area contributed by atoms with Gasteiger partial charge in [-0.15, -0.1) is 0 Å². The van der Waals surface area contributed by atoms with Crippen molar-refractivity contribution in [1.82, 2.24) is 14.5 Å². The summed E-state index contributed by atoms with van der Waals surface area (Å²) in [5.41, 5.74) is 1.89. The monoisotopic (exact) mass is 467 g/mol. The van der Waals surface area contributed by atoms with Crippen LogP contribution in [-0.2, 0) is 14.6 Å². The van der Waals surface area contributed by atoms with Crippen LogP contribution in [-0.4, -0.2) is 58.1 Å². The lowest BCUT2D eigenvalue weighted by Gasteiger charge is -2.34. The first-order valence-corrected chi connectivity index (χ1v) is 13.5. The smallest absolute Gasteiger partial charge is 0.233 e. The van der Waals surface area contributed by atoms with Gasteiger partial charge in [0.2, 0.25) is 5.91 Å². The topological polar surface area (TPSA) is 72.3 Å². The van der Waals surface area contributed by atoms with Crippen LogP contribution in [0.15, 0.2) is 35.7 Å². The lowest BCUT2D eigenvalue weighted by Crippen LogP contribution is -2.47. The molecule has 1 aliphatic carbocycles. The van der Waals surface area contributed by atoms with E-state index in [4.69, 9.17) is 11.6 Å². The number of aromatic nitrogens is 2. The van der Waals surface area contributed by atoms with Gasteiger partial charge in [-0.3, -0.25) is 9.36 Å². The van der Waals surface area contributed by atoms with Crippen LogP contribution in [0, 0.1) is 6.92 Å². The van der Waals surface area contributed by atoms with Gasteiger partial charge in [0.25, 0.3) is 0 Å². The number of halogens is 1. The summed E-state index contributed by atoms with van der Waals surface area (Å²) in [7, 11) is -3.04. The minimum absolute atomic E-state index is 0.00589. The lowest BCUT2D eigenvalue weighted by molar-refractivity contribution is -0.132. The van der Waals surface area contributed by atoms with Gasteiger partial charge in [-0.1, -0.05) is 42.3 Å². The van der Waals surface area contributed by atoms with Crippen LogP contribution in [0.1, 0.15) is 37.7 Å². The van der Waals surface area contributed by atoms with E-state index in [9.17, 15) is 13.2 Å². The molecule has 9 heteroatoms. The second-order valence-corrected chi connectivity index (χ2v) is 11.6. The summed E-state index contributed by atoms with van der Waals surface area (Å²) >= 11 is 7.66. The van der Waals surface area contributed by atoms with Gasteiger partial charge >= 0.3 is 0 Å². The molecule has 4 rings (SSSR count). The summed E-state index contributed by atoms with van der Waals surface area (Å²) in [4.78, 5) is 19.6. The SMILES string of the molecule is Cc1c(Cl)cccc1-n1ccnc1SCC(=O)N(C1CCCC1)C1CCS(=O)(=O)C1. The Balaban J connectivity index is 1.51. The Morgan fingerprint density at radius 1 is 1.27 bits per heavy atom. The first-order chi connectivity index (χ1) is 14.4. The molecule has 1 saturated carbocycles. The Bertz CT molecular complexity index is 1030. The number of thioether (sulfide) groups is 1. The maximum absolute atomic E-state index is 13.2. The van der Waals surface area contributed by atoms with Crippen molar-refractivity contribution in [1.29, 1.82) is 0 Å². The van der Waals surface area contributed by atoms with Crippen LogP contribution in [0.4, 0.5) is 0 Å². The number of hydrogen-bond acceptors (Lipinski definition) is 5. The van der Waals surface area contributed by atoms with Crippen molar-refractivity contribution in [3.8, 4) is 5.69 Å². The van der Waals surface area contributed by atoms with Gasteiger partial charge in [0.15, 0.2) is 15.0 Å². The molecular formula is C21H26ClN3O3S2. The van der Waals surface area contributed by atoms with Crippen LogP contribution in [0.25, 0.3) is 5.69 Å². The van der Waals surface area contributed by atoms with E-state index in [2.05, 4.69) is 4.98 Å². The fourth-order valence-electron chi connectivity index (χ4n) is 4.52. The van der Waals surface area contributed by atoms with E-state index in [-0.39, 0.29) is 35.2 Å². The predicted octanol–water partition coefficient (Wildman–Crippen LogP) is 3.88. The van der Waals surface area contributed by atoms with Crippen LogP contribution < -0.4 is 0 Å². The van der Waals surface area contributed by atoms with Gasteiger partial charge in [-0.25, -0.2) is 13.4 Å². The van der Waals surface area contributed by atoms with Crippen LogP contribution in [0.5, 0.6) is 0 Å². The van der Waals surface area contributed by atoms with Crippen LogP contribution >= 0.6 is 23.4 Å². The van der Waals surface area contributed by atoms with E-state index < -0.39 is 9.84 Å². The summed E-state index contributed by atoms with van der Waals surface area (Å²) in [5, 5.41) is 1.40. The zero-order valence-corrected chi connectivity index (χ0v) is 19.3. The quantitative estimate of drug-likeness (QED) is 0.603. The van der Waals surface area contributed by atoms with Gasteiger partial charge in [-0.2, -0.15) is 0 Å². The van der Waals surface area contributed by atoms with Crippen molar-refractivity contribution in [3.05, 3.63) is 41.2 Å². The van der Waals surface area contributed by atoms with E-state index in [1.807, 2.05) is 40.8 Å². The molecule has 1 aromatic carbocycles. The first kappa shape index (κ1) is 21.7. The molecule has 1 saturated heterocycles. The maximum Gasteiger partial charge on any atom is 0.233 e. The van der Waals surface area contributed by atoms with E-state index in [1.54, 1.807) is 6.20 Å². The third-order valence-electron chi connectivity index (χ3n) is 6.04. The highest BCUT2D eigenvalue weighted by Crippen LogP contribution is 2.31. The highest BCUT2D eigenvalue weighted by molar-refractivity contribution is 7.99. The molecule has 1 atom stereocenters. The molecule has 2 heterocycles. The second kappa shape index (κ2) is 8.93. The molecule has 6 nitrogen and oxygen atoms in total. The maximum atomic E-state index is 13.2. The fraction of sp³-hybridized carbons (Fsp3) is 0.524. The minimum atomic E-state index is -3.04. The number of imidazole rings is 1. The van der Waals surface area contributed by atoms with E-state index in [1.165, 1.54) is 11.8 Å². The van der Waals surface area contributed by atoms with Crippen molar-refractivity contribution in [2.75, 3.05) is 17.3 Å². The molecule has 2 aromatic rings. The first-order valence-electron chi connectivity index (χ1n) is 10.3. The fourth-order valence-corrected chi connectivity index (χ4v) is 7.24. The summed E-state index contributed by atoms with van der Waals surface area (Å²) in [6.45, 7) is 1.96. The van der Waals surface area contributed by atoms with Gasteiger partial charge in [0.1, 0.15) is 0 Å². The molecule has 2 fully saturated rings. The molecule has 1 amide bonds. The van der Waals surface area contributed by atoms with E-state index >= 15 is 0 Å². The standard InChI is InChI=1S/C21H26ClN3O3S2/c1-15-18(22)7-4-8-19(15)24-11-10-23-21(24)29-13-20(26)25(16-5-2-3-6-16)17-9-12-30(27,28)14-17/h4,7-8,10-11,16-17H,2-3,5-6,9,12-14H2,1H3. The van der Waals surface area contributed by atoms with Gasteiger partial charge in [0, 0.05) is 29.5 Å². The second-order valence-electron chi connectivity index (χ2n) is 8.05. The molecule has 1 unspecified atom stereocenters. The lowest BCUT2D eigenvalue weighted by atomic mass is 10.1. The Morgan fingerprint density at radius 3 is 2.73 bits per heavy atom. The number of benzene rings is 1. The summed E-state index contributed by atoms with van der Waals surface area (Å²) < 4.78 is 26.0. The van der Waals surface area contributed by atoms with Crippen LogP contribution in [0.3, 0.4) is 0 Å². The Hall–Kier alpha value is -1.51. The molecule has 0 radical (unpaired) electrons. The van der Waals surface area contributed by atoms with Crippen molar-refractivity contribution in [2.45, 2.75) is 56.3 Å². The minimum Gasteiger partial charge on any atom is -0.335 e. The Labute approximate surface area is 186 Å². The van der Waals surface area contributed by atoms with Gasteiger partial charge in [-0.05, 0) is 43.9 Å². The number of carbonyl (C=O) groups is 1. The summed E-state index contributed by atoms with van der Waals surface area (Å²) in [6, 6.07) is 5.69. The average molecular weight is 468 g/mol. The normalized spacial score (nSPS) is 21.2. The molecule has 30 heavy (non-hydrogen) atoms. The number of sulfone groups is 1. The number of amides is 1. The third-order valence-corrected chi connectivity index (χ3v) is 9.15. The van der Waals surface area contributed by atoms with Crippen molar-refractivity contribution >= 4 is 39.1 Å². The van der Waals surface area contributed by atoms with Crippen molar-refractivity contribution < 1.29 is 13.2 Å². The number of nitrogens with zero attached hydrogens (tertiary/aromatic N) is 3. The zero-order chi connectivity index (χ0) is 21.3. The summed E-state index contributed by atoms with van der Waals surface area (Å²) in [5.74, 6) is 0.519. The summed E-state index contributed by atoms with van der Waals surface area (Å²) in [6.07, 6.45) is 8.24. The molecule has 2 aliphatic rings. The molecule has 1 aromatic heterocycles. The molecule has 1 aliphatic heterocycles. The largest absolute Gasteiger partial charge is 0.335 e. The van der Waals surface area contributed by atoms with E-state index in [0.29, 0.717) is 11.4 Å². The average Bonchev–Trinajstić information content (AvgIpc) is 3.44. The molecule has 0 N–H and O–H groups in total. The van der Waals surface area contributed by atoms with E-state index in [0.717, 1.165) is 42.1 Å². The highest BCUT2D eigenvalue weighted by atomic mass is 35.5. The third kappa shape index (κ3) is 4.55. The number of carbonyl (C=O) groups excluding carboxylic acids is 1. The number of hydrogen-bond donors (Lipinski definition) is 0. The van der Waals surface area contributed by atoms with Crippen molar-refractivity contribution in [2.24, 2.45) is 0 Å². The highest BCUT2D eigenvalue weighted by Gasteiger charge is 2.38. The number of rotatable bonds is 6. The predicted molar refractivity (Wildman–Crippen MR) is 120 cm³/mol. The molecular weight excluding hydrogens is 442 g/mol. The Kier molecular flexibility index (Phi) is 6.46. The molecule has 0 bridgehead atoms.